The second kappa shape index (κ2) is 9.32. The topological polar surface area (TPSA) is 98.8 Å². The Labute approximate surface area is 172 Å². The molecule has 7 nitrogen and oxygen atoms in total. The fourth-order valence-corrected chi connectivity index (χ4v) is 3.89. The molecule has 0 bridgehead atoms. The minimum atomic E-state index is -1.97. The van der Waals surface area contributed by atoms with E-state index >= 15 is 0 Å². The van der Waals surface area contributed by atoms with Gasteiger partial charge in [0.15, 0.2) is 5.78 Å². The number of benzene rings is 1. The van der Waals surface area contributed by atoms with Crippen molar-refractivity contribution in [1.82, 2.24) is 5.32 Å². The Balaban J connectivity index is 2.52. The highest BCUT2D eigenvalue weighted by atomic mass is 79.9. The van der Waals surface area contributed by atoms with E-state index in [-0.39, 0.29) is 31.3 Å². The van der Waals surface area contributed by atoms with E-state index in [0.29, 0.717) is 18.4 Å². The van der Waals surface area contributed by atoms with Crippen molar-refractivity contribution in [1.29, 1.82) is 0 Å². The Kier molecular flexibility index (Phi) is 7.35. The fraction of sp³-hybridized carbons (Fsp3) is 0.500. The molecule has 1 N–H and O–H groups in total. The highest BCUT2D eigenvalue weighted by Crippen LogP contribution is 2.39. The summed E-state index contributed by atoms with van der Waals surface area (Å²) in [6.07, 6.45) is 0.685. The maximum atomic E-state index is 12.8. The Morgan fingerprint density at radius 1 is 1.18 bits per heavy atom. The molecule has 152 valence electrons. The normalized spacial score (nSPS) is 16.1. The van der Waals surface area contributed by atoms with Gasteiger partial charge in [-0.2, -0.15) is 0 Å². The molecule has 0 aromatic heterocycles. The van der Waals surface area contributed by atoms with Crippen LogP contribution in [0.1, 0.15) is 61.9 Å². The molecule has 0 spiro atoms. The molecule has 2 rings (SSSR count). The highest BCUT2D eigenvalue weighted by molar-refractivity contribution is 9.10. The molecular weight excluding hydrogens is 430 g/mol. The van der Waals surface area contributed by atoms with Crippen molar-refractivity contribution < 1.29 is 28.7 Å². The molecule has 8 heteroatoms. The van der Waals surface area contributed by atoms with Crippen molar-refractivity contribution in [3.05, 3.63) is 33.8 Å². The van der Waals surface area contributed by atoms with Gasteiger partial charge in [0.05, 0.1) is 13.2 Å². The third kappa shape index (κ3) is 4.60. The lowest BCUT2D eigenvalue weighted by Gasteiger charge is -2.35. The fourth-order valence-electron chi connectivity index (χ4n) is 3.51. The molecule has 1 atom stereocenters. The van der Waals surface area contributed by atoms with E-state index in [0.717, 1.165) is 10.0 Å². The van der Waals surface area contributed by atoms with Crippen LogP contribution in [0.3, 0.4) is 0 Å². The zero-order valence-corrected chi connectivity index (χ0v) is 17.8. The van der Waals surface area contributed by atoms with Gasteiger partial charge in [0.1, 0.15) is 0 Å². The van der Waals surface area contributed by atoms with Crippen LogP contribution in [-0.2, 0) is 23.9 Å². The van der Waals surface area contributed by atoms with Gasteiger partial charge in [0, 0.05) is 23.4 Å². The van der Waals surface area contributed by atoms with Crippen LogP contribution >= 0.6 is 15.9 Å². The van der Waals surface area contributed by atoms with E-state index in [1.165, 1.54) is 6.92 Å². The van der Waals surface area contributed by atoms with E-state index < -0.39 is 23.4 Å². The molecule has 0 aliphatic heterocycles. The van der Waals surface area contributed by atoms with Gasteiger partial charge < -0.3 is 14.8 Å². The molecule has 0 radical (unpaired) electrons. The van der Waals surface area contributed by atoms with Gasteiger partial charge in [0.25, 0.3) is 0 Å². The number of hydrogen-bond acceptors (Lipinski definition) is 6. The zero-order chi connectivity index (χ0) is 20.9. The molecular formula is C20H24BrNO6. The van der Waals surface area contributed by atoms with Crippen LogP contribution in [-0.4, -0.2) is 42.4 Å². The van der Waals surface area contributed by atoms with Crippen molar-refractivity contribution in [2.75, 3.05) is 13.2 Å². The Morgan fingerprint density at radius 2 is 1.79 bits per heavy atom. The van der Waals surface area contributed by atoms with Crippen LogP contribution in [0, 0.1) is 0 Å². The summed E-state index contributed by atoms with van der Waals surface area (Å²) in [5, 5.41) is 2.48. The first-order valence-electron chi connectivity index (χ1n) is 9.21. The molecule has 1 aromatic carbocycles. The first-order chi connectivity index (χ1) is 13.2. The number of Topliss-reactive ketones (excluding diaryl/α,β-unsaturated/α-hetero) is 1. The summed E-state index contributed by atoms with van der Waals surface area (Å²) in [7, 11) is 0. The largest absolute Gasteiger partial charge is 0.464 e. The molecule has 0 heterocycles. The number of amides is 1. The second-order valence-corrected chi connectivity index (χ2v) is 7.54. The average molecular weight is 454 g/mol. The molecule has 0 fully saturated rings. The highest BCUT2D eigenvalue weighted by Gasteiger charge is 2.52. The molecule has 1 aliphatic carbocycles. The van der Waals surface area contributed by atoms with Crippen LogP contribution in [0.5, 0.6) is 0 Å². The summed E-state index contributed by atoms with van der Waals surface area (Å²) in [6, 6.07) is 5.31. The number of ether oxygens (including phenoxy) is 2. The quantitative estimate of drug-likeness (QED) is 0.503. The van der Waals surface area contributed by atoms with E-state index in [1.807, 2.05) is 6.07 Å². The van der Waals surface area contributed by atoms with Gasteiger partial charge >= 0.3 is 11.9 Å². The van der Waals surface area contributed by atoms with Gasteiger partial charge in [-0.3, -0.25) is 9.59 Å². The maximum Gasteiger partial charge on any atom is 0.343 e. The average Bonchev–Trinajstić information content (AvgIpc) is 2.63. The van der Waals surface area contributed by atoms with Gasteiger partial charge in [-0.05, 0) is 50.3 Å². The van der Waals surface area contributed by atoms with Crippen LogP contribution in [0.15, 0.2) is 22.7 Å². The number of hydrogen-bond donors (Lipinski definition) is 1. The SMILES string of the molecule is CCOC(=O)C(CC1CCC(=O)c2ccc(Br)cc21)(NC(C)=O)C(=O)OCC. The Hall–Kier alpha value is -2.22. The molecule has 0 saturated heterocycles. The summed E-state index contributed by atoms with van der Waals surface area (Å²) in [5.41, 5.74) is -0.680. The number of halogens is 1. The molecule has 1 aliphatic rings. The third-order valence-corrected chi connectivity index (χ3v) is 5.16. The minimum absolute atomic E-state index is 0.0103. The predicted octanol–water partition coefficient (Wildman–Crippen LogP) is 2.90. The molecule has 1 aromatic rings. The number of fused-ring (bicyclic) bond motifs is 1. The van der Waals surface area contributed by atoms with Crippen molar-refractivity contribution in [2.45, 2.75) is 51.5 Å². The number of carbonyl (C=O) groups is 4. The summed E-state index contributed by atoms with van der Waals surface area (Å²) >= 11 is 3.40. The predicted molar refractivity (Wildman–Crippen MR) is 105 cm³/mol. The van der Waals surface area contributed by atoms with E-state index in [4.69, 9.17) is 9.47 Å². The summed E-state index contributed by atoms with van der Waals surface area (Å²) < 4.78 is 11.0. The third-order valence-electron chi connectivity index (χ3n) is 4.66. The van der Waals surface area contributed by atoms with Crippen molar-refractivity contribution in [2.24, 2.45) is 0 Å². The van der Waals surface area contributed by atoms with E-state index in [1.54, 1.807) is 26.0 Å². The zero-order valence-electron chi connectivity index (χ0n) is 16.2. The number of esters is 2. The summed E-state index contributed by atoms with van der Waals surface area (Å²) in [4.78, 5) is 49.8. The number of nitrogens with one attached hydrogen (secondary N) is 1. The van der Waals surface area contributed by atoms with Gasteiger partial charge in [-0.1, -0.05) is 22.0 Å². The van der Waals surface area contributed by atoms with Crippen molar-refractivity contribution in [3.8, 4) is 0 Å². The summed E-state index contributed by atoms with van der Waals surface area (Å²) in [6.45, 7) is 4.55. The van der Waals surface area contributed by atoms with Crippen molar-refractivity contribution in [3.63, 3.8) is 0 Å². The molecule has 1 amide bonds. The second-order valence-electron chi connectivity index (χ2n) is 6.62. The molecule has 1 unspecified atom stereocenters. The van der Waals surface area contributed by atoms with Gasteiger partial charge in [0.2, 0.25) is 11.4 Å². The van der Waals surface area contributed by atoms with Gasteiger partial charge in [-0.25, -0.2) is 9.59 Å². The van der Waals surface area contributed by atoms with Gasteiger partial charge in [-0.15, -0.1) is 0 Å². The van der Waals surface area contributed by atoms with Crippen LogP contribution in [0.25, 0.3) is 0 Å². The Morgan fingerprint density at radius 3 is 2.32 bits per heavy atom. The maximum absolute atomic E-state index is 12.8. The smallest absolute Gasteiger partial charge is 0.343 e. The van der Waals surface area contributed by atoms with Crippen LogP contribution in [0.2, 0.25) is 0 Å². The number of rotatable bonds is 7. The van der Waals surface area contributed by atoms with Crippen LogP contribution in [0.4, 0.5) is 0 Å². The first-order valence-corrected chi connectivity index (χ1v) is 10.00. The van der Waals surface area contributed by atoms with Crippen molar-refractivity contribution >= 4 is 39.6 Å². The Bertz CT molecular complexity index is 773. The van der Waals surface area contributed by atoms with E-state index in [9.17, 15) is 19.2 Å². The van der Waals surface area contributed by atoms with Crippen LogP contribution < -0.4 is 5.32 Å². The summed E-state index contributed by atoms with van der Waals surface area (Å²) in [5.74, 6) is -2.58. The lowest BCUT2D eigenvalue weighted by Crippen LogP contribution is -2.61. The monoisotopic (exact) mass is 453 g/mol. The lowest BCUT2D eigenvalue weighted by molar-refractivity contribution is -0.168. The minimum Gasteiger partial charge on any atom is -0.464 e. The number of carbonyl (C=O) groups excluding carboxylic acids is 4. The first kappa shape index (κ1) is 22.1. The lowest BCUT2D eigenvalue weighted by atomic mass is 9.75. The number of ketones is 1. The van der Waals surface area contributed by atoms with E-state index in [2.05, 4.69) is 21.2 Å². The molecule has 0 saturated carbocycles. The molecule has 28 heavy (non-hydrogen) atoms. The standard InChI is InChI=1S/C20H24BrNO6/c1-4-27-18(25)20(22-12(3)23,19(26)28-5-2)11-13-6-9-17(24)15-8-7-14(21)10-16(13)15/h7-8,10,13H,4-6,9,11H2,1-3H3,(H,22,23).